The average molecular weight is 263 g/mol. The molecule has 1 aromatic heterocycles. The minimum atomic E-state index is 0.147. The van der Waals surface area contributed by atoms with Crippen LogP contribution in [0.3, 0.4) is 0 Å². The van der Waals surface area contributed by atoms with Crippen LogP contribution in [0.4, 0.5) is 0 Å². The van der Waals surface area contributed by atoms with Crippen molar-refractivity contribution in [2.24, 2.45) is 5.73 Å². The number of nitrogens with two attached hydrogens (primary N) is 1. The van der Waals surface area contributed by atoms with Gasteiger partial charge in [-0.2, -0.15) is 11.3 Å². The molecule has 1 nitrogen and oxygen atoms in total. The highest BCUT2D eigenvalue weighted by atomic mass is 32.2. The Morgan fingerprint density at radius 2 is 2.00 bits per heavy atom. The van der Waals surface area contributed by atoms with Gasteiger partial charge in [-0.05, 0) is 47.9 Å². The van der Waals surface area contributed by atoms with Crippen LogP contribution in [0.1, 0.15) is 23.3 Å². The quantitative estimate of drug-likeness (QED) is 0.835. The lowest BCUT2D eigenvalue weighted by atomic mass is 10.1. The van der Waals surface area contributed by atoms with Gasteiger partial charge in [0.25, 0.3) is 0 Å². The molecule has 1 heterocycles. The molecule has 2 unspecified atom stereocenters. The second kappa shape index (κ2) is 5.71. The third-order valence-electron chi connectivity index (χ3n) is 2.70. The molecule has 90 valence electrons. The molecule has 2 atom stereocenters. The van der Waals surface area contributed by atoms with E-state index >= 15 is 0 Å². The fourth-order valence-corrected chi connectivity index (χ4v) is 3.71. The van der Waals surface area contributed by atoms with E-state index in [0.29, 0.717) is 5.25 Å². The molecule has 0 aliphatic heterocycles. The van der Waals surface area contributed by atoms with E-state index in [0.717, 1.165) is 0 Å². The first-order valence-corrected chi connectivity index (χ1v) is 7.50. The van der Waals surface area contributed by atoms with Gasteiger partial charge < -0.3 is 5.73 Å². The number of thioether (sulfide) groups is 1. The predicted molar refractivity (Wildman–Crippen MR) is 77.7 cm³/mol. The highest BCUT2D eigenvalue weighted by molar-refractivity contribution is 7.99. The molecule has 0 amide bonds. The number of rotatable bonds is 4. The van der Waals surface area contributed by atoms with Gasteiger partial charge in [-0.1, -0.05) is 18.2 Å². The molecular formula is C14H17NS2. The van der Waals surface area contributed by atoms with Crippen LogP contribution in [0.2, 0.25) is 0 Å². The Morgan fingerprint density at radius 1 is 1.24 bits per heavy atom. The van der Waals surface area contributed by atoms with Crippen molar-refractivity contribution in [3.8, 4) is 0 Å². The third kappa shape index (κ3) is 3.12. The van der Waals surface area contributed by atoms with Crippen LogP contribution >= 0.6 is 23.1 Å². The molecule has 3 heteroatoms. The van der Waals surface area contributed by atoms with Gasteiger partial charge in [0.1, 0.15) is 0 Å². The zero-order valence-electron chi connectivity index (χ0n) is 10.1. The lowest BCUT2D eigenvalue weighted by Gasteiger charge is -2.20. The Hall–Kier alpha value is -0.770. The molecule has 0 saturated carbocycles. The van der Waals surface area contributed by atoms with Gasteiger partial charge in [0, 0.05) is 10.9 Å². The van der Waals surface area contributed by atoms with Crippen molar-refractivity contribution in [1.29, 1.82) is 0 Å². The van der Waals surface area contributed by atoms with E-state index in [1.54, 1.807) is 11.3 Å². The van der Waals surface area contributed by atoms with E-state index in [4.69, 9.17) is 5.73 Å². The molecule has 17 heavy (non-hydrogen) atoms. The maximum atomic E-state index is 6.11. The van der Waals surface area contributed by atoms with E-state index in [1.807, 2.05) is 11.8 Å². The van der Waals surface area contributed by atoms with Crippen molar-refractivity contribution >= 4 is 23.1 Å². The second-order valence-electron chi connectivity index (χ2n) is 4.22. The van der Waals surface area contributed by atoms with Crippen molar-refractivity contribution < 1.29 is 0 Å². The summed E-state index contributed by atoms with van der Waals surface area (Å²) >= 11 is 3.59. The lowest BCUT2D eigenvalue weighted by molar-refractivity contribution is 0.723. The SMILES string of the molecule is Cc1ccccc1SC(c1ccsc1)C(C)N. The summed E-state index contributed by atoms with van der Waals surface area (Å²) in [7, 11) is 0. The Labute approximate surface area is 111 Å². The molecule has 0 saturated heterocycles. The van der Waals surface area contributed by atoms with Crippen molar-refractivity contribution in [3.63, 3.8) is 0 Å². The zero-order chi connectivity index (χ0) is 12.3. The Balaban J connectivity index is 2.23. The van der Waals surface area contributed by atoms with Gasteiger partial charge in [-0.25, -0.2) is 0 Å². The highest BCUT2D eigenvalue weighted by Crippen LogP contribution is 2.39. The molecule has 2 rings (SSSR count). The first kappa shape index (κ1) is 12.7. The van der Waals surface area contributed by atoms with Gasteiger partial charge in [-0.3, -0.25) is 0 Å². The summed E-state index contributed by atoms with van der Waals surface area (Å²) in [4.78, 5) is 1.32. The van der Waals surface area contributed by atoms with Crippen LogP contribution in [-0.4, -0.2) is 6.04 Å². The van der Waals surface area contributed by atoms with Gasteiger partial charge in [0.05, 0.1) is 5.25 Å². The van der Waals surface area contributed by atoms with Gasteiger partial charge in [0.2, 0.25) is 0 Å². The van der Waals surface area contributed by atoms with Gasteiger partial charge in [-0.15, -0.1) is 11.8 Å². The van der Waals surface area contributed by atoms with E-state index in [2.05, 4.69) is 54.9 Å². The smallest absolute Gasteiger partial charge is 0.0501 e. The van der Waals surface area contributed by atoms with E-state index in [-0.39, 0.29) is 6.04 Å². The zero-order valence-corrected chi connectivity index (χ0v) is 11.7. The summed E-state index contributed by atoms with van der Waals surface area (Å²) in [5, 5.41) is 4.64. The number of hydrogen-bond donors (Lipinski definition) is 1. The number of thiophene rings is 1. The molecule has 2 N–H and O–H groups in total. The van der Waals surface area contributed by atoms with Crippen LogP contribution in [0.25, 0.3) is 0 Å². The van der Waals surface area contributed by atoms with E-state index in [9.17, 15) is 0 Å². The van der Waals surface area contributed by atoms with Crippen molar-refractivity contribution in [3.05, 3.63) is 52.2 Å². The number of hydrogen-bond acceptors (Lipinski definition) is 3. The summed E-state index contributed by atoms with van der Waals surface area (Å²) in [6, 6.07) is 10.8. The second-order valence-corrected chi connectivity index (χ2v) is 6.18. The van der Waals surface area contributed by atoms with Crippen molar-refractivity contribution in [2.75, 3.05) is 0 Å². The summed E-state index contributed by atoms with van der Waals surface area (Å²) in [5.41, 5.74) is 8.76. The topological polar surface area (TPSA) is 26.0 Å². The predicted octanol–water partition coefficient (Wildman–Crippen LogP) is 4.24. The Bertz CT molecular complexity index is 463. The lowest BCUT2D eigenvalue weighted by Crippen LogP contribution is -2.22. The normalized spacial score (nSPS) is 14.5. The van der Waals surface area contributed by atoms with E-state index in [1.165, 1.54) is 16.0 Å². The molecule has 0 fully saturated rings. The van der Waals surface area contributed by atoms with Crippen LogP contribution in [-0.2, 0) is 0 Å². The number of aryl methyl sites for hydroxylation is 1. The van der Waals surface area contributed by atoms with Crippen LogP contribution < -0.4 is 5.73 Å². The first-order chi connectivity index (χ1) is 8.18. The average Bonchev–Trinajstić information content (AvgIpc) is 2.81. The van der Waals surface area contributed by atoms with Crippen LogP contribution in [0.15, 0.2) is 46.0 Å². The minimum absolute atomic E-state index is 0.147. The van der Waals surface area contributed by atoms with Crippen molar-refractivity contribution in [1.82, 2.24) is 0 Å². The summed E-state index contributed by atoms with van der Waals surface area (Å²) < 4.78 is 0. The fraction of sp³-hybridized carbons (Fsp3) is 0.286. The minimum Gasteiger partial charge on any atom is -0.327 e. The molecule has 0 radical (unpaired) electrons. The van der Waals surface area contributed by atoms with Crippen LogP contribution in [0, 0.1) is 6.92 Å². The molecule has 0 aliphatic carbocycles. The fourth-order valence-electron chi connectivity index (χ4n) is 1.74. The molecule has 0 bridgehead atoms. The molecule has 2 aromatic rings. The van der Waals surface area contributed by atoms with Crippen LogP contribution in [0.5, 0.6) is 0 Å². The monoisotopic (exact) mass is 263 g/mol. The molecule has 0 spiro atoms. The maximum Gasteiger partial charge on any atom is 0.0501 e. The van der Waals surface area contributed by atoms with Gasteiger partial charge in [0.15, 0.2) is 0 Å². The summed E-state index contributed by atoms with van der Waals surface area (Å²) in [6.07, 6.45) is 0. The first-order valence-electron chi connectivity index (χ1n) is 5.68. The molecular weight excluding hydrogens is 246 g/mol. The number of benzene rings is 1. The molecule has 1 aromatic carbocycles. The molecule has 0 aliphatic rings. The van der Waals surface area contributed by atoms with E-state index < -0.39 is 0 Å². The summed E-state index contributed by atoms with van der Waals surface area (Å²) in [5.74, 6) is 0. The highest BCUT2D eigenvalue weighted by Gasteiger charge is 2.18. The van der Waals surface area contributed by atoms with Crippen molar-refractivity contribution in [2.45, 2.75) is 30.0 Å². The third-order valence-corrected chi connectivity index (χ3v) is 5.07. The Morgan fingerprint density at radius 3 is 2.59 bits per heavy atom. The Kier molecular flexibility index (Phi) is 4.26. The van der Waals surface area contributed by atoms with Gasteiger partial charge >= 0.3 is 0 Å². The largest absolute Gasteiger partial charge is 0.327 e. The summed E-state index contributed by atoms with van der Waals surface area (Å²) in [6.45, 7) is 4.22. The maximum absolute atomic E-state index is 6.11. The standard InChI is InChI=1S/C14H17NS2/c1-10-5-3-4-6-13(10)17-14(11(2)15)12-7-8-16-9-12/h3-9,11,14H,15H2,1-2H3.